The second-order valence-electron chi connectivity index (χ2n) is 4.78. The highest BCUT2D eigenvalue weighted by Crippen LogP contribution is 2.29. The van der Waals surface area contributed by atoms with Crippen molar-refractivity contribution >= 4 is 5.82 Å². The molecule has 3 aromatic rings. The van der Waals surface area contributed by atoms with Crippen molar-refractivity contribution in [3.05, 3.63) is 54.1 Å². The zero-order chi connectivity index (χ0) is 14.8. The predicted molar refractivity (Wildman–Crippen MR) is 82.5 cm³/mol. The first-order valence-corrected chi connectivity index (χ1v) is 6.62. The van der Waals surface area contributed by atoms with Crippen LogP contribution in [0.3, 0.4) is 0 Å². The van der Waals surface area contributed by atoms with Gasteiger partial charge in [-0.05, 0) is 24.6 Å². The zero-order valence-electron chi connectivity index (χ0n) is 11.9. The van der Waals surface area contributed by atoms with Crippen molar-refractivity contribution in [2.24, 2.45) is 0 Å². The van der Waals surface area contributed by atoms with Crippen molar-refractivity contribution in [2.75, 3.05) is 12.8 Å². The van der Waals surface area contributed by atoms with Gasteiger partial charge in [-0.2, -0.15) is 4.68 Å². The third-order valence-corrected chi connectivity index (χ3v) is 3.31. The van der Waals surface area contributed by atoms with Gasteiger partial charge in [0.1, 0.15) is 17.1 Å². The molecule has 21 heavy (non-hydrogen) atoms. The average molecular weight is 280 g/mol. The van der Waals surface area contributed by atoms with E-state index in [0.29, 0.717) is 17.3 Å². The number of rotatable bonds is 3. The molecule has 0 aliphatic heterocycles. The third kappa shape index (κ3) is 2.33. The summed E-state index contributed by atoms with van der Waals surface area (Å²) in [5.74, 6) is 1.20. The van der Waals surface area contributed by atoms with Gasteiger partial charge in [0.15, 0.2) is 5.82 Å². The summed E-state index contributed by atoms with van der Waals surface area (Å²) in [5, 5.41) is 8.37. The van der Waals surface area contributed by atoms with Crippen LogP contribution < -0.4 is 10.5 Å². The van der Waals surface area contributed by atoms with Crippen LogP contribution in [-0.4, -0.2) is 22.1 Å². The van der Waals surface area contributed by atoms with E-state index < -0.39 is 0 Å². The maximum atomic E-state index is 6.22. The molecular weight excluding hydrogens is 264 g/mol. The molecule has 3 rings (SSSR count). The minimum atomic E-state index is 0.491. The van der Waals surface area contributed by atoms with Gasteiger partial charge in [0.05, 0.1) is 7.11 Å². The Labute approximate surface area is 123 Å². The molecule has 2 aromatic carbocycles. The smallest absolute Gasteiger partial charge is 0.156 e. The van der Waals surface area contributed by atoms with E-state index in [2.05, 4.69) is 10.3 Å². The molecule has 0 fully saturated rings. The quantitative estimate of drug-likeness (QED) is 0.801. The van der Waals surface area contributed by atoms with E-state index in [0.717, 1.165) is 16.8 Å². The summed E-state index contributed by atoms with van der Waals surface area (Å²) in [6.45, 7) is 2.01. The standard InChI is InChI=1S/C16H16N4O/c1-11-8-9-14(21-2)13(10-11)20-16(17)15(18-19-20)12-6-4-3-5-7-12/h3-10H,17H2,1-2H3. The normalized spacial score (nSPS) is 10.6. The Kier molecular flexibility index (Phi) is 3.31. The fourth-order valence-corrected chi connectivity index (χ4v) is 2.23. The zero-order valence-corrected chi connectivity index (χ0v) is 11.9. The monoisotopic (exact) mass is 280 g/mol. The number of anilines is 1. The summed E-state index contributed by atoms with van der Waals surface area (Å²) in [4.78, 5) is 0. The average Bonchev–Trinajstić information content (AvgIpc) is 2.89. The molecule has 0 radical (unpaired) electrons. The largest absolute Gasteiger partial charge is 0.494 e. The molecule has 0 aliphatic rings. The van der Waals surface area contributed by atoms with Gasteiger partial charge in [-0.1, -0.05) is 41.6 Å². The number of benzene rings is 2. The first-order valence-electron chi connectivity index (χ1n) is 6.62. The molecule has 106 valence electrons. The van der Waals surface area contributed by atoms with Crippen LogP contribution in [-0.2, 0) is 0 Å². The van der Waals surface area contributed by atoms with Crippen molar-refractivity contribution in [1.29, 1.82) is 0 Å². The second-order valence-corrected chi connectivity index (χ2v) is 4.78. The summed E-state index contributed by atoms with van der Waals surface area (Å²) >= 11 is 0. The van der Waals surface area contributed by atoms with Gasteiger partial charge in [-0.25, -0.2) is 0 Å². The number of hydrogen-bond acceptors (Lipinski definition) is 4. The molecule has 1 heterocycles. The molecule has 0 saturated carbocycles. The summed E-state index contributed by atoms with van der Waals surface area (Å²) in [7, 11) is 1.62. The van der Waals surface area contributed by atoms with E-state index in [1.54, 1.807) is 11.8 Å². The fraction of sp³-hybridized carbons (Fsp3) is 0.125. The van der Waals surface area contributed by atoms with Gasteiger partial charge in [0.2, 0.25) is 0 Å². The van der Waals surface area contributed by atoms with Gasteiger partial charge in [-0.15, -0.1) is 5.10 Å². The van der Waals surface area contributed by atoms with Crippen molar-refractivity contribution in [2.45, 2.75) is 6.92 Å². The first-order chi connectivity index (χ1) is 10.2. The fourth-order valence-electron chi connectivity index (χ4n) is 2.23. The van der Waals surface area contributed by atoms with E-state index in [1.807, 2.05) is 55.5 Å². The van der Waals surface area contributed by atoms with Crippen LogP contribution in [0.25, 0.3) is 16.9 Å². The highest BCUT2D eigenvalue weighted by molar-refractivity contribution is 5.71. The van der Waals surface area contributed by atoms with Crippen molar-refractivity contribution in [3.63, 3.8) is 0 Å². The Hall–Kier alpha value is -2.82. The molecule has 2 N–H and O–H groups in total. The van der Waals surface area contributed by atoms with Crippen LogP contribution in [0.2, 0.25) is 0 Å². The minimum Gasteiger partial charge on any atom is -0.494 e. The SMILES string of the molecule is COc1ccc(C)cc1-n1nnc(-c2ccccc2)c1N. The van der Waals surface area contributed by atoms with E-state index >= 15 is 0 Å². The number of hydrogen-bond donors (Lipinski definition) is 1. The van der Waals surface area contributed by atoms with Crippen molar-refractivity contribution in [3.8, 4) is 22.7 Å². The summed E-state index contributed by atoms with van der Waals surface area (Å²) in [6.07, 6.45) is 0. The van der Waals surface area contributed by atoms with Gasteiger partial charge in [0.25, 0.3) is 0 Å². The lowest BCUT2D eigenvalue weighted by molar-refractivity contribution is 0.411. The molecule has 0 amide bonds. The lowest BCUT2D eigenvalue weighted by Gasteiger charge is -2.10. The van der Waals surface area contributed by atoms with E-state index in [9.17, 15) is 0 Å². The van der Waals surface area contributed by atoms with E-state index in [-0.39, 0.29) is 0 Å². The Morgan fingerprint density at radius 2 is 1.86 bits per heavy atom. The highest BCUT2D eigenvalue weighted by Gasteiger charge is 2.15. The molecule has 5 heteroatoms. The van der Waals surface area contributed by atoms with Crippen LogP contribution in [0.15, 0.2) is 48.5 Å². The van der Waals surface area contributed by atoms with Crippen LogP contribution in [0.5, 0.6) is 5.75 Å². The summed E-state index contributed by atoms with van der Waals surface area (Å²) < 4.78 is 6.99. The molecule has 0 unspecified atom stereocenters. The Morgan fingerprint density at radius 1 is 1.10 bits per heavy atom. The van der Waals surface area contributed by atoms with Crippen LogP contribution >= 0.6 is 0 Å². The predicted octanol–water partition coefficient (Wildman–Crippen LogP) is 2.83. The Morgan fingerprint density at radius 3 is 2.57 bits per heavy atom. The second kappa shape index (κ2) is 5.28. The maximum Gasteiger partial charge on any atom is 0.156 e. The summed E-state index contributed by atoms with van der Waals surface area (Å²) in [6, 6.07) is 15.6. The summed E-state index contributed by atoms with van der Waals surface area (Å²) in [5.41, 5.74) is 9.71. The van der Waals surface area contributed by atoms with Crippen LogP contribution in [0.1, 0.15) is 5.56 Å². The van der Waals surface area contributed by atoms with Gasteiger partial charge < -0.3 is 10.5 Å². The van der Waals surface area contributed by atoms with Crippen LogP contribution in [0, 0.1) is 6.92 Å². The molecule has 0 saturated heterocycles. The number of aryl methyl sites for hydroxylation is 1. The van der Waals surface area contributed by atoms with Crippen LogP contribution in [0.4, 0.5) is 5.82 Å². The van der Waals surface area contributed by atoms with E-state index in [4.69, 9.17) is 10.5 Å². The lowest BCUT2D eigenvalue weighted by atomic mass is 10.1. The lowest BCUT2D eigenvalue weighted by Crippen LogP contribution is -2.04. The van der Waals surface area contributed by atoms with Crippen molar-refractivity contribution in [1.82, 2.24) is 15.0 Å². The first kappa shape index (κ1) is 13.2. The van der Waals surface area contributed by atoms with Gasteiger partial charge in [-0.3, -0.25) is 0 Å². The number of nitrogens with two attached hydrogens (primary N) is 1. The van der Waals surface area contributed by atoms with Gasteiger partial charge >= 0.3 is 0 Å². The minimum absolute atomic E-state index is 0.491. The Balaban J connectivity index is 2.14. The molecule has 1 aromatic heterocycles. The number of methoxy groups -OCH3 is 1. The topological polar surface area (TPSA) is 66.0 Å². The molecular formula is C16H16N4O. The number of aromatic nitrogens is 3. The third-order valence-electron chi connectivity index (χ3n) is 3.31. The highest BCUT2D eigenvalue weighted by atomic mass is 16.5. The number of nitrogens with zero attached hydrogens (tertiary/aromatic N) is 3. The number of nitrogen functional groups attached to an aromatic ring is 1. The molecule has 0 spiro atoms. The molecule has 0 atom stereocenters. The van der Waals surface area contributed by atoms with E-state index in [1.165, 1.54) is 0 Å². The van der Waals surface area contributed by atoms with Gasteiger partial charge in [0, 0.05) is 5.56 Å². The molecule has 0 aliphatic carbocycles. The maximum absolute atomic E-state index is 6.22. The van der Waals surface area contributed by atoms with Crippen molar-refractivity contribution < 1.29 is 4.74 Å². The number of ether oxygens (including phenoxy) is 1. The molecule has 5 nitrogen and oxygen atoms in total. The molecule has 0 bridgehead atoms. The Bertz CT molecular complexity index is 765.